The van der Waals surface area contributed by atoms with Crippen LogP contribution in [0.15, 0.2) is 12.1 Å². The zero-order valence-corrected chi connectivity index (χ0v) is 14.4. The number of hydrogen-bond acceptors (Lipinski definition) is 5. The van der Waals surface area contributed by atoms with E-state index in [1.807, 2.05) is 0 Å². The van der Waals surface area contributed by atoms with Gasteiger partial charge in [-0.25, -0.2) is 9.59 Å². The maximum atomic E-state index is 11.8. The standard InChI is InChI=1S/C15H20ClNO6/c1-15(2,3)23-14(20)17-11(13(18)19)8-6-9(16)12(22-5)10(7-8)21-4/h6-7,11H,1-5H3,(H,17,20)(H,18,19)/t11-/m0/s1. The summed E-state index contributed by atoms with van der Waals surface area (Å²) in [5.41, 5.74) is -0.520. The van der Waals surface area contributed by atoms with E-state index in [0.29, 0.717) is 0 Å². The van der Waals surface area contributed by atoms with Gasteiger partial charge in [-0.2, -0.15) is 0 Å². The first-order valence-electron chi connectivity index (χ1n) is 6.72. The number of carbonyl (C=O) groups is 2. The molecule has 2 N–H and O–H groups in total. The molecule has 0 heterocycles. The lowest BCUT2D eigenvalue weighted by Gasteiger charge is -2.22. The minimum absolute atomic E-state index is 0.166. The summed E-state index contributed by atoms with van der Waals surface area (Å²) in [6.07, 6.45) is -0.851. The lowest BCUT2D eigenvalue weighted by Crippen LogP contribution is -2.38. The van der Waals surface area contributed by atoms with Crippen LogP contribution in [0.4, 0.5) is 4.79 Å². The van der Waals surface area contributed by atoms with E-state index in [2.05, 4.69) is 5.32 Å². The van der Waals surface area contributed by atoms with Crippen LogP contribution in [-0.2, 0) is 9.53 Å². The Hall–Kier alpha value is -2.15. The Morgan fingerprint density at radius 2 is 1.83 bits per heavy atom. The van der Waals surface area contributed by atoms with Gasteiger partial charge in [-0.05, 0) is 38.5 Å². The van der Waals surface area contributed by atoms with Gasteiger partial charge >= 0.3 is 12.1 Å². The van der Waals surface area contributed by atoms with Crippen LogP contribution in [0.3, 0.4) is 0 Å². The van der Waals surface area contributed by atoms with Gasteiger partial charge in [-0.1, -0.05) is 11.6 Å². The molecule has 0 aliphatic carbocycles. The molecule has 23 heavy (non-hydrogen) atoms. The second-order valence-electron chi connectivity index (χ2n) is 5.66. The van der Waals surface area contributed by atoms with Gasteiger partial charge < -0.3 is 24.6 Å². The van der Waals surface area contributed by atoms with Crippen molar-refractivity contribution in [2.75, 3.05) is 14.2 Å². The van der Waals surface area contributed by atoms with Crippen molar-refractivity contribution in [3.8, 4) is 11.5 Å². The Morgan fingerprint density at radius 1 is 1.22 bits per heavy atom. The number of benzene rings is 1. The number of alkyl carbamates (subject to hydrolysis) is 1. The van der Waals surface area contributed by atoms with Gasteiger partial charge in [-0.3, -0.25) is 0 Å². The van der Waals surface area contributed by atoms with Crippen LogP contribution >= 0.6 is 11.6 Å². The molecule has 0 aliphatic heterocycles. The fourth-order valence-electron chi connectivity index (χ4n) is 1.82. The van der Waals surface area contributed by atoms with Crippen LogP contribution in [0.25, 0.3) is 0 Å². The van der Waals surface area contributed by atoms with Crippen molar-refractivity contribution >= 4 is 23.7 Å². The van der Waals surface area contributed by atoms with E-state index in [-0.39, 0.29) is 22.1 Å². The van der Waals surface area contributed by atoms with E-state index in [9.17, 15) is 14.7 Å². The van der Waals surface area contributed by atoms with Gasteiger partial charge in [0.15, 0.2) is 17.5 Å². The molecule has 0 bridgehead atoms. The summed E-state index contributed by atoms with van der Waals surface area (Å²) in [4.78, 5) is 23.3. The van der Waals surface area contributed by atoms with Crippen LogP contribution in [0.1, 0.15) is 32.4 Å². The third-order valence-electron chi connectivity index (χ3n) is 2.70. The smallest absolute Gasteiger partial charge is 0.408 e. The number of carbonyl (C=O) groups excluding carboxylic acids is 1. The van der Waals surface area contributed by atoms with Gasteiger partial charge in [0.25, 0.3) is 0 Å². The van der Waals surface area contributed by atoms with Crippen molar-refractivity contribution in [1.29, 1.82) is 0 Å². The highest BCUT2D eigenvalue weighted by Gasteiger charge is 2.27. The Bertz CT molecular complexity index is 596. The quantitative estimate of drug-likeness (QED) is 0.852. The molecule has 8 heteroatoms. The number of methoxy groups -OCH3 is 2. The lowest BCUT2D eigenvalue weighted by atomic mass is 10.1. The third kappa shape index (κ3) is 5.21. The van der Waals surface area contributed by atoms with Crippen molar-refractivity contribution in [2.24, 2.45) is 0 Å². The van der Waals surface area contributed by atoms with Crippen molar-refractivity contribution in [1.82, 2.24) is 5.32 Å². The molecule has 128 valence electrons. The summed E-state index contributed by atoms with van der Waals surface area (Å²) >= 11 is 6.06. The maximum absolute atomic E-state index is 11.8. The van der Waals surface area contributed by atoms with Crippen LogP contribution in [-0.4, -0.2) is 37.0 Å². The monoisotopic (exact) mass is 345 g/mol. The van der Waals surface area contributed by atoms with E-state index >= 15 is 0 Å². The molecule has 7 nitrogen and oxygen atoms in total. The van der Waals surface area contributed by atoms with Crippen LogP contribution in [0.5, 0.6) is 11.5 Å². The molecule has 0 fully saturated rings. The molecular weight excluding hydrogens is 326 g/mol. The van der Waals surface area contributed by atoms with E-state index in [1.54, 1.807) is 20.8 Å². The molecule has 0 unspecified atom stereocenters. The van der Waals surface area contributed by atoms with Gasteiger partial charge in [-0.15, -0.1) is 0 Å². The number of halogens is 1. The summed E-state index contributed by atoms with van der Waals surface area (Å²) in [7, 11) is 2.81. The first-order valence-corrected chi connectivity index (χ1v) is 7.10. The highest BCUT2D eigenvalue weighted by Crippen LogP contribution is 2.37. The predicted octanol–water partition coefficient (Wildman–Crippen LogP) is 3.01. The summed E-state index contributed by atoms with van der Waals surface area (Å²) in [5.74, 6) is -0.731. The van der Waals surface area contributed by atoms with E-state index < -0.39 is 23.7 Å². The van der Waals surface area contributed by atoms with Crippen LogP contribution in [0, 0.1) is 0 Å². The first kappa shape index (κ1) is 18.9. The normalized spacial score (nSPS) is 12.3. The fraction of sp³-hybridized carbons (Fsp3) is 0.467. The Kier molecular flexibility index (Phi) is 6.09. The zero-order valence-electron chi connectivity index (χ0n) is 13.6. The number of carboxylic acids is 1. The van der Waals surface area contributed by atoms with Gasteiger partial charge in [0.1, 0.15) is 5.60 Å². The van der Waals surface area contributed by atoms with Crippen molar-refractivity contribution in [3.63, 3.8) is 0 Å². The number of aliphatic carboxylic acids is 1. The molecule has 1 aromatic carbocycles. The molecule has 0 spiro atoms. The molecule has 0 aliphatic rings. The molecule has 0 saturated carbocycles. The van der Waals surface area contributed by atoms with Gasteiger partial charge in [0, 0.05) is 0 Å². The average Bonchev–Trinajstić information content (AvgIpc) is 2.41. The second-order valence-corrected chi connectivity index (χ2v) is 6.06. The minimum atomic E-state index is -1.35. The molecule has 0 saturated heterocycles. The van der Waals surface area contributed by atoms with E-state index in [4.69, 9.17) is 25.8 Å². The van der Waals surface area contributed by atoms with Crippen molar-refractivity contribution in [3.05, 3.63) is 22.7 Å². The number of ether oxygens (including phenoxy) is 3. The maximum Gasteiger partial charge on any atom is 0.408 e. The van der Waals surface area contributed by atoms with Crippen LogP contribution in [0.2, 0.25) is 5.02 Å². The highest BCUT2D eigenvalue weighted by atomic mass is 35.5. The van der Waals surface area contributed by atoms with Crippen molar-refractivity contribution in [2.45, 2.75) is 32.4 Å². The van der Waals surface area contributed by atoms with Gasteiger partial charge in [0.05, 0.1) is 19.2 Å². The van der Waals surface area contributed by atoms with Crippen LogP contribution < -0.4 is 14.8 Å². The highest BCUT2D eigenvalue weighted by molar-refractivity contribution is 6.32. The molecule has 0 radical (unpaired) electrons. The summed E-state index contributed by atoms with van der Waals surface area (Å²) in [6.45, 7) is 5.03. The molecule has 0 aromatic heterocycles. The number of rotatable bonds is 5. The summed E-state index contributed by atoms with van der Waals surface area (Å²) in [5, 5.41) is 11.8. The Labute approximate surface area is 139 Å². The molecule has 1 atom stereocenters. The SMILES string of the molecule is COc1cc([C@H](NC(=O)OC(C)(C)C)C(=O)O)cc(Cl)c1OC. The number of nitrogens with one attached hydrogen (secondary N) is 1. The topological polar surface area (TPSA) is 94.1 Å². The second kappa shape index (κ2) is 7.41. The van der Waals surface area contributed by atoms with Gasteiger partial charge in [0.2, 0.25) is 0 Å². The number of amides is 1. The predicted molar refractivity (Wildman–Crippen MR) is 84.3 cm³/mol. The van der Waals surface area contributed by atoms with E-state index in [1.165, 1.54) is 26.4 Å². The number of hydrogen-bond donors (Lipinski definition) is 2. The Balaban J connectivity index is 3.14. The lowest BCUT2D eigenvalue weighted by molar-refractivity contribution is -0.139. The molecule has 1 rings (SSSR count). The average molecular weight is 346 g/mol. The third-order valence-corrected chi connectivity index (χ3v) is 2.98. The largest absolute Gasteiger partial charge is 0.493 e. The summed E-state index contributed by atoms with van der Waals surface area (Å²) < 4.78 is 15.3. The van der Waals surface area contributed by atoms with Crippen molar-refractivity contribution < 1.29 is 28.9 Å². The zero-order chi connectivity index (χ0) is 17.8. The summed E-state index contributed by atoms with van der Waals surface area (Å²) in [6, 6.07) is 1.47. The Morgan fingerprint density at radius 3 is 2.26 bits per heavy atom. The first-order chi connectivity index (χ1) is 10.6. The molecular formula is C15H20ClNO6. The fourth-order valence-corrected chi connectivity index (χ4v) is 2.11. The molecule has 1 amide bonds. The molecule has 1 aromatic rings. The van der Waals surface area contributed by atoms with E-state index in [0.717, 1.165) is 0 Å². The number of carboxylic acid groups (broad SMARTS) is 1. The minimum Gasteiger partial charge on any atom is -0.493 e.